The van der Waals surface area contributed by atoms with Crippen LogP contribution >= 0.6 is 0 Å². The van der Waals surface area contributed by atoms with E-state index in [-0.39, 0.29) is 17.0 Å². The molecule has 2 atom stereocenters. The number of hydrogen-bond donors (Lipinski definition) is 3. The maximum Gasteiger partial charge on any atom is 0.416 e. The lowest BCUT2D eigenvalue weighted by Crippen LogP contribution is -2.47. The number of halogens is 3. The van der Waals surface area contributed by atoms with Crippen molar-refractivity contribution in [2.24, 2.45) is 5.41 Å². The summed E-state index contributed by atoms with van der Waals surface area (Å²) in [5.74, 6) is 0.152. The zero-order chi connectivity index (χ0) is 22.5. The highest BCUT2D eigenvalue weighted by molar-refractivity contribution is 5.73. The van der Waals surface area contributed by atoms with E-state index in [9.17, 15) is 23.4 Å². The molecule has 0 unspecified atom stereocenters. The molecule has 1 aliphatic heterocycles. The number of aliphatic hydroxyl groups is 1. The molecular formula is C23H26F3N3O3. The van der Waals surface area contributed by atoms with Gasteiger partial charge in [-0.05, 0) is 55.9 Å². The second-order valence-electron chi connectivity index (χ2n) is 9.36. The number of aliphatic hydroxyl groups excluding tert-OH is 1. The minimum Gasteiger partial charge on any atom is -0.507 e. The van der Waals surface area contributed by atoms with Crippen LogP contribution in [0, 0.1) is 5.41 Å². The van der Waals surface area contributed by atoms with Crippen LogP contribution in [-0.2, 0) is 23.8 Å². The minimum absolute atomic E-state index is 0.0388. The lowest BCUT2D eigenvalue weighted by Gasteiger charge is -2.45. The average Bonchev–Trinajstić information content (AvgIpc) is 2.73. The van der Waals surface area contributed by atoms with Crippen molar-refractivity contribution in [2.75, 3.05) is 18.5 Å². The third-order valence-electron chi connectivity index (χ3n) is 7.09. The van der Waals surface area contributed by atoms with Crippen molar-refractivity contribution >= 4 is 5.82 Å². The molecule has 2 heterocycles. The first-order valence-electron chi connectivity index (χ1n) is 11.1. The fourth-order valence-corrected chi connectivity index (χ4v) is 5.15. The molecule has 3 N–H and O–H groups in total. The Morgan fingerprint density at radius 3 is 2.53 bits per heavy atom. The van der Waals surface area contributed by atoms with Gasteiger partial charge in [0.2, 0.25) is 0 Å². The first kappa shape index (κ1) is 21.5. The highest BCUT2D eigenvalue weighted by Gasteiger charge is 2.43. The number of aromatic nitrogens is 2. The summed E-state index contributed by atoms with van der Waals surface area (Å²) in [5.41, 5.74) is 1.64. The van der Waals surface area contributed by atoms with Crippen molar-refractivity contribution in [1.29, 1.82) is 0 Å². The minimum atomic E-state index is -4.54. The zero-order valence-electron chi connectivity index (χ0n) is 17.6. The predicted molar refractivity (Wildman–Crippen MR) is 111 cm³/mol. The molecule has 9 heteroatoms. The summed E-state index contributed by atoms with van der Waals surface area (Å²) in [6, 6.07) is 2.84. The molecule has 0 bridgehead atoms. The van der Waals surface area contributed by atoms with E-state index < -0.39 is 23.6 Å². The van der Waals surface area contributed by atoms with Crippen LogP contribution in [0.5, 0.6) is 5.75 Å². The Morgan fingerprint density at radius 2 is 1.88 bits per heavy atom. The van der Waals surface area contributed by atoms with E-state index in [1.54, 1.807) is 0 Å². The van der Waals surface area contributed by atoms with Gasteiger partial charge in [0.15, 0.2) is 5.82 Å². The molecule has 2 aromatic rings. The van der Waals surface area contributed by atoms with Crippen LogP contribution in [-0.4, -0.2) is 45.8 Å². The summed E-state index contributed by atoms with van der Waals surface area (Å²) in [6.45, 7) is 1.34. The van der Waals surface area contributed by atoms with E-state index >= 15 is 0 Å². The van der Waals surface area contributed by atoms with E-state index in [2.05, 4.69) is 15.5 Å². The molecule has 5 rings (SSSR count). The zero-order valence-corrected chi connectivity index (χ0v) is 17.6. The van der Waals surface area contributed by atoms with Crippen LogP contribution in [0.25, 0.3) is 11.3 Å². The lowest BCUT2D eigenvalue weighted by molar-refractivity contribution is -0.137. The van der Waals surface area contributed by atoms with Gasteiger partial charge in [-0.15, -0.1) is 10.2 Å². The number of fused-ring (bicyclic) bond motifs is 1. The number of rotatable bonds is 3. The van der Waals surface area contributed by atoms with Gasteiger partial charge in [-0.2, -0.15) is 13.2 Å². The van der Waals surface area contributed by atoms with Crippen molar-refractivity contribution < 1.29 is 28.1 Å². The van der Waals surface area contributed by atoms with E-state index in [0.29, 0.717) is 31.1 Å². The number of phenolic OH excluding ortho intramolecular Hbond substituents is 1. The highest BCUT2D eigenvalue weighted by Crippen LogP contribution is 2.46. The van der Waals surface area contributed by atoms with Gasteiger partial charge in [-0.3, -0.25) is 0 Å². The monoisotopic (exact) mass is 449 g/mol. The standard InChI is InChI=1S/C23H26F3N3O3/c24-23(25,26)13-5-6-15(19(31)9-13)20-14-7-8-22(11-32-12-22)10-16(14)21(29-28-20)27-17-3-1-2-4-18(17)30/h5-6,9,17-18,30-31H,1-4,7-8,10-12H2,(H,27,29)/t17-,18-/m1/s1. The average molecular weight is 449 g/mol. The first-order chi connectivity index (χ1) is 15.3. The van der Waals surface area contributed by atoms with E-state index in [1.165, 1.54) is 6.07 Å². The molecule has 32 heavy (non-hydrogen) atoms. The van der Waals surface area contributed by atoms with Gasteiger partial charge in [-0.1, -0.05) is 12.8 Å². The second-order valence-corrected chi connectivity index (χ2v) is 9.36. The van der Waals surface area contributed by atoms with E-state index in [1.807, 2.05) is 0 Å². The molecular weight excluding hydrogens is 423 g/mol. The summed E-state index contributed by atoms with van der Waals surface area (Å²) in [4.78, 5) is 0. The van der Waals surface area contributed by atoms with Crippen LogP contribution in [0.3, 0.4) is 0 Å². The topological polar surface area (TPSA) is 87.5 Å². The Hall–Kier alpha value is -2.39. The Balaban J connectivity index is 1.55. The predicted octanol–water partition coefficient (Wildman–Crippen LogP) is 4.09. The SMILES string of the molecule is Oc1cc(C(F)(F)F)ccc1-c1nnc(N[C@@H]2CCCC[C@H]2O)c2c1CCC1(COC1)C2. The maximum atomic E-state index is 13.0. The molecule has 1 aromatic heterocycles. The van der Waals surface area contributed by atoms with Crippen molar-refractivity contribution in [3.8, 4) is 17.0 Å². The highest BCUT2D eigenvalue weighted by atomic mass is 19.4. The number of alkyl halides is 3. The van der Waals surface area contributed by atoms with Gasteiger partial charge in [-0.25, -0.2) is 0 Å². The third-order valence-corrected chi connectivity index (χ3v) is 7.09. The molecule has 0 amide bonds. The normalized spacial score (nSPS) is 24.6. The fourth-order valence-electron chi connectivity index (χ4n) is 5.15. The number of anilines is 1. The summed E-state index contributed by atoms with van der Waals surface area (Å²) in [7, 11) is 0. The van der Waals surface area contributed by atoms with Gasteiger partial charge >= 0.3 is 6.18 Å². The smallest absolute Gasteiger partial charge is 0.416 e. The molecule has 172 valence electrons. The lowest BCUT2D eigenvalue weighted by atomic mass is 9.69. The molecule has 3 aliphatic rings. The second kappa shape index (κ2) is 7.88. The summed E-state index contributed by atoms with van der Waals surface area (Å²) in [6.07, 6.45) is 0.886. The number of aromatic hydroxyl groups is 1. The van der Waals surface area contributed by atoms with Gasteiger partial charge in [0.25, 0.3) is 0 Å². The van der Waals surface area contributed by atoms with Crippen LogP contribution in [0.4, 0.5) is 19.0 Å². The van der Waals surface area contributed by atoms with Crippen LogP contribution in [0.1, 0.15) is 48.8 Å². The van der Waals surface area contributed by atoms with Gasteiger partial charge < -0.3 is 20.3 Å². The number of ether oxygens (including phenoxy) is 1. The molecule has 2 fully saturated rings. The Labute approximate surface area is 183 Å². The van der Waals surface area contributed by atoms with Crippen molar-refractivity contribution in [3.63, 3.8) is 0 Å². The van der Waals surface area contributed by atoms with Crippen LogP contribution in [0.15, 0.2) is 18.2 Å². The molecule has 2 aliphatic carbocycles. The molecule has 1 spiro atoms. The van der Waals surface area contributed by atoms with Gasteiger partial charge in [0, 0.05) is 16.5 Å². The van der Waals surface area contributed by atoms with Crippen LogP contribution < -0.4 is 5.32 Å². The van der Waals surface area contributed by atoms with E-state index in [4.69, 9.17) is 4.74 Å². The third kappa shape index (κ3) is 3.81. The summed E-state index contributed by atoms with van der Waals surface area (Å²) < 4.78 is 44.6. The molecule has 1 saturated heterocycles. The number of hydrogen-bond acceptors (Lipinski definition) is 6. The number of nitrogens with one attached hydrogen (secondary N) is 1. The number of phenols is 1. The Kier molecular flexibility index (Phi) is 5.28. The van der Waals surface area contributed by atoms with Gasteiger partial charge in [0.1, 0.15) is 11.4 Å². The molecule has 1 aromatic carbocycles. The number of benzene rings is 1. The van der Waals surface area contributed by atoms with Gasteiger partial charge in [0.05, 0.1) is 30.9 Å². The summed E-state index contributed by atoms with van der Waals surface area (Å²) in [5, 5.41) is 32.9. The Bertz CT molecular complexity index is 1020. The number of nitrogens with zero attached hydrogens (tertiary/aromatic N) is 2. The van der Waals surface area contributed by atoms with E-state index in [0.717, 1.165) is 61.8 Å². The van der Waals surface area contributed by atoms with Crippen molar-refractivity contribution in [1.82, 2.24) is 10.2 Å². The Morgan fingerprint density at radius 1 is 1.09 bits per heavy atom. The molecule has 6 nitrogen and oxygen atoms in total. The fraction of sp³-hybridized carbons (Fsp3) is 0.565. The quantitative estimate of drug-likeness (QED) is 0.654. The summed E-state index contributed by atoms with van der Waals surface area (Å²) >= 11 is 0. The maximum absolute atomic E-state index is 13.0. The molecule has 0 radical (unpaired) electrons. The van der Waals surface area contributed by atoms with Crippen molar-refractivity contribution in [3.05, 3.63) is 34.9 Å². The van der Waals surface area contributed by atoms with Crippen molar-refractivity contribution in [2.45, 2.75) is 63.3 Å². The molecule has 1 saturated carbocycles. The first-order valence-corrected chi connectivity index (χ1v) is 11.1. The largest absolute Gasteiger partial charge is 0.507 e. The van der Waals surface area contributed by atoms with Crippen LogP contribution in [0.2, 0.25) is 0 Å².